The molecule has 24 heavy (non-hydrogen) atoms. The maximum absolute atomic E-state index is 7.16. The summed E-state index contributed by atoms with van der Waals surface area (Å²) in [5.74, 6) is 0. The molecule has 1 rings (SSSR count). The molecule has 1 aromatic carbocycles. The molecule has 1 nitrogen and oxygen atoms in total. The molecule has 0 atom stereocenters. The van der Waals surface area contributed by atoms with Crippen LogP contribution in [0.3, 0.4) is 0 Å². The van der Waals surface area contributed by atoms with Gasteiger partial charge < -0.3 is 4.12 Å². The molecule has 1 aromatic rings. The molecule has 0 spiro atoms. The van der Waals surface area contributed by atoms with Gasteiger partial charge in [-0.3, -0.25) is 0 Å². The molecule has 0 saturated carbocycles. The van der Waals surface area contributed by atoms with Crippen molar-refractivity contribution in [3.05, 3.63) is 36.4 Å². The van der Waals surface area contributed by atoms with E-state index in [1.54, 1.807) is 0 Å². The van der Waals surface area contributed by atoms with Crippen molar-refractivity contribution in [2.45, 2.75) is 70.3 Å². The van der Waals surface area contributed by atoms with Crippen molar-refractivity contribution in [3.63, 3.8) is 0 Å². The van der Waals surface area contributed by atoms with Crippen LogP contribution in [0.5, 0.6) is 0 Å². The maximum atomic E-state index is 7.16. The Hall–Kier alpha value is -0.212. The summed E-state index contributed by atoms with van der Waals surface area (Å²) in [5, 5.41) is 1.51. The second-order valence-electron chi connectivity index (χ2n) is 10.5. The van der Waals surface area contributed by atoms with Crippen LogP contribution in [0.15, 0.2) is 30.8 Å². The summed E-state index contributed by atoms with van der Waals surface area (Å²) in [6, 6.07) is 9.16. The highest BCUT2D eigenvalue weighted by Crippen LogP contribution is 2.32. The van der Waals surface area contributed by atoms with E-state index in [4.69, 9.17) is 4.12 Å². The lowest BCUT2D eigenvalue weighted by molar-refractivity contribution is 0.559. The monoisotopic (exact) mass is 394 g/mol. The molecule has 0 aliphatic heterocycles. The quantitative estimate of drug-likeness (QED) is 0.485. The van der Waals surface area contributed by atoms with Crippen molar-refractivity contribution in [1.82, 2.24) is 0 Å². The minimum absolute atomic E-state index is 1.20. The lowest BCUT2D eigenvalue weighted by atomic mass is 10.2. The number of hydrogen-bond donors (Lipinski definition) is 0. The second kappa shape index (κ2) is 7.58. The smallest absolute Gasteiger partial charge is 0.206 e. The van der Waals surface area contributed by atoms with Gasteiger partial charge in [0.1, 0.15) is 0 Å². The van der Waals surface area contributed by atoms with Crippen molar-refractivity contribution < 1.29 is 4.12 Å². The lowest BCUT2D eigenvalue weighted by Crippen LogP contribution is -2.62. The first-order chi connectivity index (χ1) is 10.7. The summed E-state index contributed by atoms with van der Waals surface area (Å²) in [5.41, 5.74) is 3.87. The van der Waals surface area contributed by atoms with E-state index >= 15 is 0 Å². The fourth-order valence-electron chi connectivity index (χ4n) is 3.62. The maximum Gasteiger partial charge on any atom is 0.206 e. The third-order valence-electron chi connectivity index (χ3n) is 3.81. The molecule has 5 heteroatoms. The van der Waals surface area contributed by atoms with Crippen molar-refractivity contribution in [2.24, 2.45) is 0 Å². The van der Waals surface area contributed by atoms with Crippen LogP contribution in [0.4, 0.5) is 0 Å². The highest BCUT2D eigenvalue weighted by Gasteiger charge is 2.46. The molecule has 0 unspecified atom stereocenters. The van der Waals surface area contributed by atoms with Crippen LogP contribution in [-0.4, -0.2) is 32.8 Å². The van der Waals surface area contributed by atoms with Crippen molar-refractivity contribution in [1.29, 1.82) is 0 Å². The Morgan fingerprint density at radius 2 is 1.21 bits per heavy atom. The third-order valence-corrected chi connectivity index (χ3v) is 22.3. The Balaban J connectivity index is 3.49. The van der Waals surface area contributed by atoms with E-state index < -0.39 is 32.8 Å². The molecule has 0 saturated heterocycles. The number of rotatable bonds is 8. The summed E-state index contributed by atoms with van der Waals surface area (Å²) in [6.07, 6.45) is 1.93. The SMILES string of the molecule is C=Cc1ccc([Si](C[Si](C)(C)C)(C[Si](C)(C)C)O[Si](C)(C)C)cc1. The van der Waals surface area contributed by atoms with E-state index in [0.717, 1.165) is 0 Å². The zero-order chi connectivity index (χ0) is 18.8. The van der Waals surface area contributed by atoms with Crippen LogP contribution in [0, 0.1) is 0 Å². The number of hydrogen-bond acceptors (Lipinski definition) is 1. The lowest BCUT2D eigenvalue weighted by Gasteiger charge is -2.44. The van der Waals surface area contributed by atoms with Crippen LogP contribution >= 0.6 is 0 Å². The summed E-state index contributed by atoms with van der Waals surface area (Å²) in [6.45, 7) is 26.0. The molecule has 0 aromatic heterocycles. The summed E-state index contributed by atoms with van der Waals surface area (Å²) in [4.78, 5) is 0. The van der Waals surface area contributed by atoms with Gasteiger partial charge in [0.25, 0.3) is 0 Å². The predicted octanol–water partition coefficient (Wildman–Crippen LogP) is 6.09. The standard InChI is InChI=1S/C19H38OSi4/c1-11-18-12-14-19(15-13-18)24(16-21(2,3)4,17-22(5,6)7)20-23(8,9)10/h11-15H,1,16-17H2,2-10H3. The summed E-state index contributed by atoms with van der Waals surface area (Å²) >= 11 is 0. The molecular weight excluding hydrogens is 357 g/mol. The molecule has 0 aliphatic carbocycles. The van der Waals surface area contributed by atoms with Gasteiger partial charge in [-0.05, 0) is 41.7 Å². The minimum Gasteiger partial charge on any atom is -0.452 e. The molecule has 0 N–H and O–H groups in total. The average Bonchev–Trinajstić information content (AvgIpc) is 2.32. The van der Waals surface area contributed by atoms with Crippen LogP contribution in [-0.2, 0) is 4.12 Å². The van der Waals surface area contributed by atoms with Gasteiger partial charge in [-0.2, -0.15) is 0 Å². The van der Waals surface area contributed by atoms with E-state index in [2.05, 4.69) is 89.8 Å². The summed E-state index contributed by atoms with van der Waals surface area (Å²) in [7, 11) is -6.05. The normalized spacial score (nSPS) is 13.9. The van der Waals surface area contributed by atoms with Crippen LogP contribution in [0.25, 0.3) is 6.08 Å². The van der Waals surface area contributed by atoms with Gasteiger partial charge >= 0.3 is 0 Å². The molecule has 0 amide bonds. The largest absolute Gasteiger partial charge is 0.452 e. The van der Waals surface area contributed by atoms with Gasteiger partial charge in [0.2, 0.25) is 8.32 Å². The van der Waals surface area contributed by atoms with E-state index in [1.807, 2.05) is 6.08 Å². The van der Waals surface area contributed by atoms with Gasteiger partial charge in [0.05, 0.1) is 0 Å². The van der Waals surface area contributed by atoms with E-state index in [-0.39, 0.29) is 0 Å². The van der Waals surface area contributed by atoms with Crippen molar-refractivity contribution in [3.8, 4) is 0 Å². The predicted molar refractivity (Wildman–Crippen MR) is 123 cm³/mol. The van der Waals surface area contributed by atoms with Gasteiger partial charge in [-0.1, -0.05) is 76.2 Å². The second-order valence-corrected chi connectivity index (χ2v) is 31.2. The first kappa shape index (κ1) is 21.8. The highest BCUT2D eigenvalue weighted by atomic mass is 28.5. The number of benzene rings is 1. The molecule has 0 bridgehead atoms. The van der Waals surface area contributed by atoms with E-state index in [0.29, 0.717) is 0 Å². The van der Waals surface area contributed by atoms with Crippen molar-refractivity contribution in [2.75, 3.05) is 0 Å². The highest BCUT2D eigenvalue weighted by molar-refractivity contribution is 7.08. The summed E-state index contributed by atoms with van der Waals surface area (Å²) < 4.78 is 7.16. The van der Waals surface area contributed by atoms with Gasteiger partial charge in [-0.15, -0.1) is 0 Å². The molecule has 136 valence electrons. The minimum atomic E-state index is -1.96. The Kier molecular flexibility index (Phi) is 6.89. The van der Waals surface area contributed by atoms with Gasteiger partial charge in [-0.25, -0.2) is 0 Å². The Morgan fingerprint density at radius 3 is 1.50 bits per heavy atom. The molecule has 0 radical (unpaired) electrons. The first-order valence-electron chi connectivity index (χ1n) is 9.09. The van der Waals surface area contributed by atoms with Crippen LogP contribution in [0.2, 0.25) is 70.3 Å². The van der Waals surface area contributed by atoms with Crippen LogP contribution in [0.1, 0.15) is 5.56 Å². The fraction of sp³-hybridized carbons (Fsp3) is 0.579. The third kappa shape index (κ3) is 7.35. The van der Waals surface area contributed by atoms with E-state index in [1.165, 1.54) is 22.1 Å². The molecular formula is C19H38OSi4. The van der Waals surface area contributed by atoms with Gasteiger partial charge in [0, 0.05) is 16.1 Å². The molecule has 0 aliphatic rings. The first-order valence-corrected chi connectivity index (χ1v) is 22.2. The average molecular weight is 395 g/mol. The van der Waals surface area contributed by atoms with Crippen molar-refractivity contribution >= 4 is 44.0 Å². The van der Waals surface area contributed by atoms with Gasteiger partial charge in [0.15, 0.2) is 8.32 Å². The Bertz CT molecular complexity index is 504. The Morgan fingerprint density at radius 1 is 0.792 bits per heavy atom. The molecule has 0 fully saturated rings. The molecule has 0 heterocycles. The zero-order valence-corrected chi connectivity index (χ0v) is 21.4. The van der Waals surface area contributed by atoms with E-state index in [9.17, 15) is 0 Å². The topological polar surface area (TPSA) is 9.23 Å². The Labute approximate surface area is 154 Å². The zero-order valence-electron chi connectivity index (χ0n) is 17.4. The van der Waals surface area contributed by atoms with Crippen LogP contribution < -0.4 is 5.19 Å². The fourth-order valence-corrected chi connectivity index (χ4v) is 28.4.